The standard InChI is InChI=1S/C79H76/c1-43(2)44-32-33-50(71-70(44)78(14,15)66-31-23-24-36-79(66,71)16)53-38-65-68(48-28-20-18-26-46(48)53)57-42-61-55(40-63(57)76(65,10)11)54-39-62-56(41-60(54)74(61,6)7)67-47-27-19-17-25-45(47)52(37-64(67)75(62,8)9)49-34-35-59(73(3,4)5)72-69(49)51-29-21-22-30-58(51)77(72,12)13/h17-43,66H,1-16H3. The van der Waals surface area contributed by atoms with Gasteiger partial charge >= 0.3 is 0 Å². The van der Waals surface area contributed by atoms with Gasteiger partial charge in [0.2, 0.25) is 0 Å². The summed E-state index contributed by atoms with van der Waals surface area (Å²) in [5.41, 5.74) is 33.3. The lowest BCUT2D eigenvalue weighted by molar-refractivity contribution is 0.323. The molecule has 6 aliphatic rings. The zero-order chi connectivity index (χ0) is 55.2. The van der Waals surface area contributed by atoms with E-state index in [1.807, 2.05) is 0 Å². The van der Waals surface area contributed by atoms with Crippen molar-refractivity contribution in [2.75, 3.05) is 0 Å². The highest BCUT2D eigenvalue weighted by atomic mass is 14.6. The molecule has 9 aromatic rings. The van der Waals surface area contributed by atoms with E-state index in [0.29, 0.717) is 11.8 Å². The minimum Gasteiger partial charge on any atom is -0.0794 e. The third-order valence-corrected chi connectivity index (χ3v) is 21.7. The Kier molecular flexibility index (Phi) is 9.47. The summed E-state index contributed by atoms with van der Waals surface area (Å²) in [5.74, 6) is 0.820. The van der Waals surface area contributed by atoms with Crippen molar-refractivity contribution < 1.29 is 0 Å². The number of benzene rings is 9. The zero-order valence-electron chi connectivity index (χ0n) is 49.7. The predicted octanol–water partition coefficient (Wildman–Crippen LogP) is 21.3. The molecule has 0 bridgehead atoms. The Hall–Kier alpha value is -7.02. The molecule has 0 aromatic heterocycles. The molecule has 0 saturated carbocycles. The van der Waals surface area contributed by atoms with Crippen molar-refractivity contribution in [3.63, 3.8) is 0 Å². The fraction of sp³-hybridized carbons (Fsp3) is 0.316. The maximum atomic E-state index is 2.64. The van der Waals surface area contributed by atoms with Crippen molar-refractivity contribution in [1.29, 1.82) is 0 Å². The minimum absolute atomic E-state index is 0.00248. The van der Waals surface area contributed by atoms with Crippen molar-refractivity contribution in [3.05, 3.63) is 225 Å². The molecule has 2 unspecified atom stereocenters. The van der Waals surface area contributed by atoms with Crippen molar-refractivity contribution >= 4 is 21.5 Å². The highest BCUT2D eigenvalue weighted by molar-refractivity contribution is 6.13. The SMILES string of the molecule is CC(C)c1ccc(-c2cc3c(c4ccccc24)-c2cc4c(cc2C3(C)C)-c2cc3c(cc2C4(C)C)-c2c(cc(-c4ccc(C(C)(C)C)c5c4-c4ccccc4C5(C)C)c4ccccc24)C3(C)C)c2c1C(C)(C)C1C=CC=CC21C. The quantitative estimate of drug-likeness (QED) is 0.165. The van der Waals surface area contributed by atoms with Gasteiger partial charge in [-0.05, 0) is 214 Å². The lowest BCUT2D eigenvalue weighted by Crippen LogP contribution is -2.34. The van der Waals surface area contributed by atoms with Gasteiger partial charge in [-0.15, -0.1) is 0 Å². The van der Waals surface area contributed by atoms with E-state index in [0.717, 1.165) is 0 Å². The van der Waals surface area contributed by atoms with E-state index in [-0.39, 0.29) is 37.9 Å². The van der Waals surface area contributed by atoms with Gasteiger partial charge in [-0.2, -0.15) is 0 Å². The second kappa shape index (κ2) is 15.2. The van der Waals surface area contributed by atoms with E-state index in [1.54, 1.807) is 5.56 Å². The van der Waals surface area contributed by atoms with Crippen LogP contribution < -0.4 is 0 Å². The van der Waals surface area contributed by atoms with Crippen molar-refractivity contribution in [3.8, 4) is 66.8 Å². The molecule has 9 aromatic carbocycles. The van der Waals surface area contributed by atoms with Gasteiger partial charge in [-0.1, -0.05) is 232 Å². The third kappa shape index (κ3) is 5.96. The van der Waals surface area contributed by atoms with Crippen LogP contribution in [0.3, 0.4) is 0 Å². The molecule has 0 aliphatic heterocycles. The summed E-state index contributed by atoms with van der Waals surface area (Å²) in [6.07, 6.45) is 9.61. The summed E-state index contributed by atoms with van der Waals surface area (Å²) in [5, 5.41) is 5.39. The first-order valence-electron chi connectivity index (χ1n) is 29.7. The molecule has 15 rings (SSSR count). The maximum absolute atomic E-state index is 2.64. The van der Waals surface area contributed by atoms with Crippen LogP contribution >= 0.6 is 0 Å². The molecule has 0 heterocycles. The summed E-state index contributed by atoms with van der Waals surface area (Å²) in [6, 6.07) is 53.6. The number of rotatable bonds is 3. The summed E-state index contributed by atoms with van der Waals surface area (Å²) in [7, 11) is 0. The fourth-order valence-electron chi connectivity index (χ4n) is 17.8. The zero-order valence-corrected chi connectivity index (χ0v) is 49.7. The first-order valence-corrected chi connectivity index (χ1v) is 29.7. The van der Waals surface area contributed by atoms with Gasteiger partial charge in [0.25, 0.3) is 0 Å². The second-order valence-corrected chi connectivity index (χ2v) is 29.2. The van der Waals surface area contributed by atoms with Crippen LogP contribution in [0.5, 0.6) is 0 Å². The molecule has 0 N–H and O–H groups in total. The Labute approximate surface area is 470 Å². The second-order valence-electron chi connectivity index (χ2n) is 29.2. The molecule has 0 amide bonds. The molecule has 0 radical (unpaired) electrons. The van der Waals surface area contributed by atoms with Gasteiger partial charge < -0.3 is 0 Å². The average Bonchev–Trinajstić information content (AvgIpc) is 3.70. The summed E-state index contributed by atoms with van der Waals surface area (Å²) in [6.45, 7) is 39.3. The Morgan fingerprint density at radius 3 is 1.39 bits per heavy atom. The van der Waals surface area contributed by atoms with Crippen LogP contribution in [0.1, 0.15) is 183 Å². The van der Waals surface area contributed by atoms with E-state index >= 15 is 0 Å². The number of hydrogen-bond acceptors (Lipinski definition) is 0. The van der Waals surface area contributed by atoms with Gasteiger partial charge in [0.1, 0.15) is 0 Å². The van der Waals surface area contributed by atoms with Crippen LogP contribution in [0.4, 0.5) is 0 Å². The van der Waals surface area contributed by atoms with Crippen LogP contribution in [-0.4, -0.2) is 0 Å². The van der Waals surface area contributed by atoms with Gasteiger partial charge in [-0.3, -0.25) is 0 Å². The first-order chi connectivity index (χ1) is 37.3. The van der Waals surface area contributed by atoms with Crippen LogP contribution in [-0.2, 0) is 37.9 Å². The number of hydrogen-bond donors (Lipinski definition) is 0. The molecule has 0 saturated heterocycles. The molecule has 2 atom stereocenters. The van der Waals surface area contributed by atoms with E-state index < -0.39 is 0 Å². The number of allylic oxidation sites excluding steroid dienone is 4. The molecule has 79 heavy (non-hydrogen) atoms. The van der Waals surface area contributed by atoms with E-state index in [4.69, 9.17) is 0 Å². The van der Waals surface area contributed by atoms with E-state index in [2.05, 4.69) is 269 Å². The highest BCUT2D eigenvalue weighted by Crippen LogP contribution is 2.65. The Morgan fingerprint density at radius 2 is 0.835 bits per heavy atom. The predicted molar refractivity (Wildman–Crippen MR) is 338 cm³/mol. The number of fused-ring (bicyclic) bond motifs is 19. The summed E-state index contributed by atoms with van der Waals surface area (Å²) in [4.78, 5) is 0. The van der Waals surface area contributed by atoms with Crippen LogP contribution in [0.2, 0.25) is 0 Å². The molecule has 0 fully saturated rings. The Bertz CT molecular complexity index is 4350. The monoisotopic (exact) mass is 1020 g/mol. The summed E-state index contributed by atoms with van der Waals surface area (Å²) < 4.78 is 0. The normalized spacial score (nSPS) is 20.8. The van der Waals surface area contributed by atoms with E-state index in [1.165, 1.54) is 150 Å². The van der Waals surface area contributed by atoms with Crippen LogP contribution in [0, 0.1) is 5.92 Å². The topological polar surface area (TPSA) is 0 Å². The van der Waals surface area contributed by atoms with Crippen LogP contribution in [0.15, 0.2) is 158 Å². The van der Waals surface area contributed by atoms with Gasteiger partial charge in [-0.25, -0.2) is 0 Å². The van der Waals surface area contributed by atoms with E-state index in [9.17, 15) is 0 Å². The lowest BCUT2D eigenvalue weighted by atomic mass is 9.66. The van der Waals surface area contributed by atoms with Crippen molar-refractivity contribution in [2.24, 2.45) is 5.92 Å². The average molecular weight is 1030 g/mol. The molecule has 392 valence electrons. The first kappa shape index (κ1) is 49.1. The lowest BCUT2D eigenvalue weighted by Gasteiger charge is -2.36. The minimum atomic E-state index is -0.234. The molecule has 6 aliphatic carbocycles. The highest BCUT2D eigenvalue weighted by Gasteiger charge is 2.55. The molecular formula is C79H76. The van der Waals surface area contributed by atoms with Crippen molar-refractivity contribution in [1.82, 2.24) is 0 Å². The van der Waals surface area contributed by atoms with Crippen LogP contribution in [0.25, 0.3) is 88.3 Å². The third-order valence-electron chi connectivity index (χ3n) is 21.7. The van der Waals surface area contributed by atoms with Gasteiger partial charge in [0, 0.05) is 27.1 Å². The largest absolute Gasteiger partial charge is 0.0794 e. The van der Waals surface area contributed by atoms with Gasteiger partial charge in [0.05, 0.1) is 0 Å². The molecule has 0 heteroatoms. The van der Waals surface area contributed by atoms with Crippen molar-refractivity contribution in [2.45, 2.75) is 155 Å². The maximum Gasteiger partial charge on any atom is 0.0187 e. The Balaban J connectivity index is 0.903. The molecule has 0 nitrogen and oxygen atoms in total. The Morgan fingerprint density at radius 1 is 0.367 bits per heavy atom. The molecular weight excluding hydrogens is 949 g/mol. The van der Waals surface area contributed by atoms with Gasteiger partial charge in [0.15, 0.2) is 0 Å². The molecule has 0 spiro atoms. The summed E-state index contributed by atoms with van der Waals surface area (Å²) >= 11 is 0. The smallest absolute Gasteiger partial charge is 0.0187 e. The fourth-order valence-corrected chi connectivity index (χ4v) is 17.8.